The fourth-order valence-corrected chi connectivity index (χ4v) is 4.55. The standard InChI is InChI=1S/C18H29NO4S/c1-6-23-14-9-11-19(12-10-14)24(20,21)15-7-8-17(22-5)16(13-15)18(2,3)4/h7-8,13-14H,6,9-12H2,1-5H3. The van der Waals surface area contributed by atoms with Crippen molar-refractivity contribution in [1.82, 2.24) is 4.31 Å². The molecule has 0 saturated carbocycles. The third kappa shape index (κ3) is 4.10. The molecule has 0 atom stereocenters. The molecule has 5 nitrogen and oxygen atoms in total. The van der Waals surface area contributed by atoms with Crippen LogP contribution < -0.4 is 4.74 Å². The number of sulfonamides is 1. The summed E-state index contributed by atoms with van der Waals surface area (Å²) >= 11 is 0. The molecule has 0 radical (unpaired) electrons. The molecule has 1 fully saturated rings. The van der Waals surface area contributed by atoms with Gasteiger partial charge in [-0.2, -0.15) is 4.31 Å². The van der Waals surface area contributed by atoms with E-state index in [4.69, 9.17) is 9.47 Å². The largest absolute Gasteiger partial charge is 0.496 e. The zero-order valence-corrected chi connectivity index (χ0v) is 16.1. The van der Waals surface area contributed by atoms with Crippen LogP contribution in [0.2, 0.25) is 0 Å². The Bertz CT molecular complexity index is 656. The fourth-order valence-electron chi connectivity index (χ4n) is 3.06. The predicted molar refractivity (Wildman–Crippen MR) is 95.1 cm³/mol. The highest BCUT2D eigenvalue weighted by atomic mass is 32.2. The SMILES string of the molecule is CCOC1CCN(S(=O)(=O)c2ccc(OC)c(C(C)(C)C)c2)CC1. The third-order valence-electron chi connectivity index (χ3n) is 4.42. The predicted octanol–water partition coefficient (Wildman–Crippen LogP) is 3.18. The molecule has 0 bridgehead atoms. The first kappa shape index (κ1) is 19.2. The van der Waals surface area contributed by atoms with Crippen molar-refractivity contribution >= 4 is 10.0 Å². The van der Waals surface area contributed by atoms with Crippen molar-refractivity contribution in [3.8, 4) is 5.75 Å². The number of benzene rings is 1. The Morgan fingerprint density at radius 1 is 1.21 bits per heavy atom. The molecule has 0 aromatic heterocycles. The molecule has 1 aromatic rings. The van der Waals surface area contributed by atoms with E-state index >= 15 is 0 Å². The van der Waals surface area contributed by atoms with E-state index in [2.05, 4.69) is 20.8 Å². The van der Waals surface area contributed by atoms with E-state index < -0.39 is 10.0 Å². The topological polar surface area (TPSA) is 55.8 Å². The van der Waals surface area contributed by atoms with Crippen LogP contribution in [0.5, 0.6) is 5.75 Å². The van der Waals surface area contributed by atoms with Crippen molar-refractivity contribution in [2.75, 3.05) is 26.8 Å². The monoisotopic (exact) mass is 355 g/mol. The average Bonchev–Trinajstić information content (AvgIpc) is 2.54. The maximum atomic E-state index is 13.0. The summed E-state index contributed by atoms with van der Waals surface area (Å²) in [6, 6.07) is 5.14. The van der Waals surface area contributed by atoms with Crippen molar-refractivity contribution in [2.24, 2.45) is 0 Å². The van der Waals surface area contributed by atoms with E-state index in [0.717, 1.165) is 24.2 Å². The summed E-state index contributed by atoms with van der Waals surface area (Å²) in [5.41, 5.74) is 0.703. The first-order valence-electron chi connectivity index (χ1n) is 8.50. The second kappa shape index (κ2) is 7.42. The molecule has 1 aromatic carbocycles. The minimum absolute atomic E-state index is 0.169. The molecule has 0 unspecified atom stereocenters. The van der Waals surface area contributed by atoms with Gasteiger partial charge in [0.15, 0.2) is 0 Å². The lowest BCUT2D eigenvalue weighted by atomic mass is 9.86. The molecule has 1 saturated heterocycles. The van der Waals surface area contributed by atoms with Crippen LogP contribution in [0, 0.1) is 0 Å². The van der Waals surface area contributed by atoms with Crippen LogP contribution in [-0.4, -0.2) is 45.6 Å². The van der Waals surface area contributed by atoms with Crippen molar-refractivity contribution in [2.45, 2.75) is 57.0 Å². The van der Waals surface area contributed by atoms with Crippen LogP contribution in [-0.2, 0) is 20.2 Å². The lowest BCUT2D eigenvalue weighted by Gasteiger charge is -2.31. The Hall–Kier alpha value is -1.11. The summed E-state index contributed by atoms with van der Waals surface area (Å²) in [5, 5.41) is 0. The summed E-state index contributed by atoms with van der Waals surface area (Å²) in [6.07, 6.45) is 1.66. The summed E-state index contributed by atoms with van der Waals surface area (Å²) in [4.78, 5) is 0.336. The number of rotatable bonds is 5. The van der Waals surface area contributed by atoms with Gasteiger partial charge >= 0.3 is 0 Å². The van der Waals surface area contributed by atoms with Crippen molar-refractivity contribution in [1.29, 1.82) is 0 Å². The van der Waals surface area contributed by atoms with Crippen LogP contribution in [0.15, 0.2) is 23.1 Å². The fraction of sp³-hybridized carbons (Fsp3) is 0.667. The van der Waals surface area contributed by atoms with Gasteiger partial charge in [0, 0.05) is 25.3 Å². The zero-order valence-electron chi connectivity index (χ0n) is 15.3. The van der Waals surface area contributed by atoms with Gasteiger partial charge in [0.1, 0.15) is 5.75 Å². The molecular formula is C18H29NO4S. The maximum Gasteiger partial charge on any atom is 0.243 e. The number of nitrogens with zero attached hydrogens (tertiary/aromatic N) is 1. The van der Waals surface area contributed by atoms with Gasteiger partial charge in [0.25, 0.3) is 0 Å². The van der Waals surface area contributed by atoms with Crippen LogP contribution in [0.4, 0.5) is 0 Å². The molecule has 0 N–H and O–H groups in total. The normalized spacial score (nSPS) is 17.9. The number of hydrogen-bond donors (Lipinski definition) is 0. The molecule has 1 heterocycles. The molecule has 6 heteroatoms. The lowest BCUT2D eigenvalue weighted by molar-refractivity contribution is 0.0290. The molecule has 1 aliphatic heterocycles. The summed E-state index contributed by atoms with van der Waals surface area (Å²) < 4.78 is 38.5. The Labute approximate surface area is 146 Å². The van der Waals surface area contributed by atoms with Gasteiger partial charge in [0.05, 0.1) is 18.1 Å². The Balaban J connectivity index is 2.27. The van der Waals surface area contributed by atoms with Gasteiger partial charge in [0.2, 0.25) is 10.0 Å². The minimum atomic E-state index is -3.49. The summed E-state index contributed by atoms with van der Waals surface area (Å²) in [5.74, 6) is 0.719. The molecule has 24 heavy (non-hydrogen) atoms. The van der Waals surface area contributed by atoms with E-state index in [1.54, 1.807) is 29.6 Å². The molecule has 0 amide bonds. The van der Waals surface area contributed by atoms with Crippen molar-refractivity contribution < 1.29 is 17.9 Å². The van der Waals surface area contributed by atoms with Gasteiger partial charge in [-0.3, -0.25) is 0 Å². The molecule has 136 valence electrons. The van der Waals surface area contributed by atoms with E-state index in [1.165, 1.54) is 0 Å². The molecular weight excluding hydrogens is 326 g/mol. The number of ether oxygens (including phenoxy) is 2. The van der Waals surface area contributed by atoms with Gasteiger partial charge in [-0.15, -0.1) is 0 Å². The van der Waals surface area contributed by atoms with Crippen molar-refractivity contribution in [3.05, 3.63) is 23.8 Å². The Kier molecular flexibility index (Phi) is 5.94. The molecule has 2 rings (SSSR count). The Morgan fingerprint density at radius 2 is 1.83 bits per heavy atom. The highest BCUT2D eigenvalue weighted by Crippen LogP contribution is 2.34. The van der Waals surface area contributed by atoms with E-state index in [1.807, 2.05) is 6.92 Å². The van der Waals surface area contributed by atoms with Crippen LogP contribution in [0.25, 0.3) is 0 Å². The second-order valence-corrected chi connectivity index (χ2v) is 9.11. The first-order valence-corrected chi connectivity index (χ1v) is 9.94. The quantitative estimate of drug-likeness (QED) is 0.814. The highest BCUT2D eigenvalue weighted by Gasteiger charge is 2.31. The first-order chi connectivity index (χ1) is 11.2. The van der Waals surface area contributed by atoms with Gasteiger partial charge in [-0.25, -0.2) is 8.42 Å². The average molecular weight is 356 g/mol. The third-order valence-corrected chi connectivity index (χ3v) is 6.31. The number of methoxy groups -OCH3 is 1. The number of hydrogen-bond acceptors (Lipinski definition) is 4. The van der Waals surface area contributed by atoms with E-state index in [9.17, 15) is 8.42 Å². The van der Waals surface area contributed by atoms with Crippen molar-refractivity contribution in [3.63, 3.8) is 0 Å². The van der Waals surface area contributed by atoms with Gasteiger partial charge < -0.3 is 9.47 Å². The second-order valence-electron chi connectivity index (χ2n) is 7.17. The highest BCUT2D eigenvalue weighted by molar-refractivity contribution is 7.89. The van der Waals surface area contributed by atoms with Gasteiger partial charge in [-0.05, 0) is 43.4 Å². The van der Waals surface area contributed by atoms with E-state index in [0.29, 0.717) is 24.6 Å². The van der Waals surface area contributed by atoms with Crippen LogP contribution in [0.3, 0.4) is 0 Å². The van der Waals surface area contributed by atoms with E-state index in [-0.39, 0.29) is 11.5 Å². The zero-order chi connectivity index (χ0) is 18.0. The number of piperidine rings is 1. The summed E-state index contributed by atoms with van der Waals surface area (Å²) in [7, 11) is -1.88. The maximum absolute atomic E-state index is 13.0. The summed E-state index contributed by atoms with van der Waals surface area (Å²) in [6.45, 7) is 9.80. The smallest absolute Gasteiger partial charge is 0.243 e. The van der Waals surface area contributed by atoms with Crippen LogP contribution in [0.1, 0.15) is 46.1 Å². The molecule has 1 aliphatic rings. The Morgan fingerprint density at radius 3 is 2.33 bits per heavy atom. The molecule has 0 spiro atoms. The molecule has 0 aliphatic carbocycles. The van der Waals surface area contributed by atoms with Crippen LogP contribution >= 0.6 is 0 Å². The minimum Gasteiger partial charge on any atom is -0.496 e. The lowest BCUT2D eigenvalue weighted by Crippen LogP contribution is -2.40. The van der Waals surface area contributed by atoms with Gasteiger partial charge in [-0.1, -0.05) is 20.8 Å².